The number of halogens is 2. The third-order valence-electron chi connectivity index (χ3n) is 4.50. The van der Waals surface area contributed by atoms with Gasteiger partial charge in [0, 0.05) is 18.2 Å². The zero-order valence-corrected chi connectivity index (χ0v) is 15.3. The van der Waals surface area contributed by atoms with Gasteiger partial charge in [-0.1, -0.05) is 23.7 Å². The first-order chi connectivity index (χ1) is 11.7. The molecule has 2 aliphatic rings. The van der Waals surface area contributed by atoms with Crippen molar-refractivity contribution in [3.8, 4) is 0 Å². The van der Waals surface area contributed by atoms with E-state index in [4.69, 9.17) is 16.3 Å². The van der Waals surface area contributed by atoms with Gasteiger partial charge in [-0.3, -0.25) is 9.69 Å². The molecule has 25 heavy (non-hydrogen) atoms. The number of benzene rings is 1. The molecule has 0 radical (unpaired) electrons. The lowest BCUT2D eigenvalue weighted by Gasteiger charge is -2.29. The number of rotatable bonds is 3. The lowest BCUT2D eigenvalue weighted by atomic mass is 10.1. The van der Waals surface area contributed by atoms with Gasteiger partial charge in [-0.25, -0.2) is 9.18 Å². The minimum Gasteiger partial charge on any atom is -0.444 e. The topological polar surface area (TPSA) is 58.6 Å². The zero-order valence-electron chi connectivity index (χ0n) is 14.5. The van der Waals surface area contributed by atoms with E-state index in [0.29, 0.717) is 17.9 Å². The highest BCUT2D eigenvalue weighted by atomic mass is 35.5. The van der Waals surface area contributed by atoms with Crippen LogP contribution >= 0.6 is 11.6 Å². The monoisotopic (exact) mass is 368 g/mol. The summed E-state index contributed by atoms with van der Waals surface area (Å²) < 4.78 is 19.3. The van der Waals surface area contributed by atoms with Gasteiger partial charge >= 0.3 is 6.09 Å². The largest absolute Gasteiger partial charge is 0.444 e. The number of carbonyl (C=O) groups excluding carboxylic acids is 2. The average molecular weight is 369 g/mol. The van der Waals surface area contributed by atoms with Gasteiger partial charge in [-0.05, 0) is 45.6 Å². The van der Waals surface area contributed by atoms with E-state index in [1.165, 1.54) is 6.07 Å². The number of carbonyl (C=O) groups is 2. The van der Waals surface area contributed by atoms with Crippen molar-refractivity contribution in [1.82, 2.24) is 10.2 Å². The fourth-order valence-corrected chi connectivity index (χ4v) is 3.45. The molecule has 1 saturated heterocycles. The first kappa shape index (κ1) is 18.0. The summed E-state index contributed by atoms with van der Waals surface area (Å²) in [5.41, 5.74) is -0.303. The van der Waals surface area contributed by atoms with E-state index in [2.05, 4.69) is 5.32 Å². The molecule has 2 amide bonds. The number of piperidine rings is 1. The van der Waals surface area contributed by atoms with Crippen molar-refractivity contribution >= 4 is 23.6 Å². The zero-order chi connectivity index (χ0) is 18.4. The van der Waals surface area contributed by atoms with Crippen LogP contribution in [0.2, 0.25) is 5.02 Å². The molecule has 0 bridgehead atoms. The molecule has 3 atom stereocenters. The summed E-state index contributed by atoms with van der Waals surface area (Å²) in [6, 6.07) is 4.16. The van der Waals surface area contributed by atoms with Gasteiger partial charge in [0.05, 0.1) is 5.02 Å². The predicted molar refractivity (Wildman–Crippen MR) is 91.6 cm³/mol. The van der Waals surface area contributed by atoms with E-state index < -0.39 is 23.6 Å². The molecule has 1 aliphatic carbocycles. The Balaban J connectivity index is 1.65. The second-order valence-electron chi connectivity index (χ2n) is 7.63. The van der Waals surface area contributed by atoms with Crippen LogP contribution in [0.4, 0.5) is 9.18 Å². The highest BCUT2D eigenvalue weighted by Crippen LogP contribution is 2.48. The van der Waals surface area contributed by atoms with Gasteiger partial charge in [0.15, 0.2) is 0 Å². The lowest BCUT2D eigenvalue weighted by Crippen LogP contribution is -2.49. The van der Waals surface area contributed by atoms with Crippen LogP contribution in [0.5, 0.6) is 0 Å². The molecule has 5 nitrogen and oxygen atoms in total. The Morgan fingerprint density at radius 3 is 2.76 bits per heavy atom. The second kappa shape index (κ2) is 6.48. The normalized spacial score (nSPS) is 24.7. The van der Waals surface area contributed by atoms with Crippen molar-refractivity contribution in [3.05, 3.63) is 34.6 Å². The summed E-state index contributed by atoms with van der Waals surface area (Å²) in [6.45, 7) is 5.41. The maximum atomic E-state index is 13.9. The van der Waals surface area contributed by atoms with Crippen LogP contribution in [-0.4, -0.2) is 34.6 Å². The summed E-state index contributed by atoms with van der Waals surface area (Å²) in [4.78, 5) is 26.5. The van der Waals surface area contributed by atoms with E-state index in [1.807, 2.05) is 0 Å². The first-order valence-electron chi connectivity index (χ1n) is 8.39. The quantitative estimate of drug-likeness (QED) is 0.888. The van der Waals surface area contributed by atoms with Crippen molar-refractivity contribution in [1.29, 1.82) is 0 Å². The fourth-order valence-electron chi connectivity index (χ4n) is 3.25. The summed E-state index contributed by atoms with van der Waals surface area (Å²) in [5.74, 6) is -0.480. The molecule has 0 aromatic heterocycles. The molecule has 1 saturated carbocycles. The van der Waals surface area contributed by atoms with Crippen molar-refractivity contribution in [2.75, 3.05) is 0 Å². The summed E-state index contributed by atoms with van der Waals surface area (Å²) >= 11 is 5.75. The van der Waals surface area contributed by atoms with Crippen LogP contribution in [0.15, 0.2) is 18.2 Å². The maximum absolute atomic E-state index is 13.9. The van der Waals surface area contributed by atoms with E-state index >= 15 is 0 Å². The fraction of sp³-hybridized carbons (Fsp3) is 0.556. The molecule has 7 heteroatoms. The molecule has 1 aromatic carbocycles. The predicted octanol–water partition coefficient (Wildman–Crippen LogP) is 3.49. The third-order valence-corrected chi connectivity index (χ3v) is 4.79. The van der Waals surface area contributed by atoms with Gasteiger partial charge in [0.25, 0.3) is 0 Å². The second-order valence-corrected chi connectivity index (χ2v) is 8.04. The summed E-state index contributed by atoms with van der Waals surface area (Å²) in [5, 5.41) is 2.73. The average Bonchev–Trinajstić information content (AvgIpc) is 3.16. The smallest absolute Gasteiger partial charge is 0.411 e. The SMILES string of the molecule is CC(C)(C)OC(=O)N1C2C[C@@H]2C[C@H]1C(=O)NCc1cccc(Cl)c1F. The number of nitrogens with zero attached hydrogens (tertiary/aromatic N) is 1. The van der Waals surface area contributed by atoms with Gasteiger partial charge < -0.3 is 10.1 Å². The minimum atomic E-state index is -0.616. The van der Waals surface area contributed by atoms with E-state index in [1.54, 1.807) is 37.8 Å². The molecule has 0 spiro atoms. The van der Waals surface area contributed by atoms with Crippen LogP contribution < -0.4 is 5.32 Å². The maximum Gasteiger partial charge on any atom is 0.411 e. The molecule has 1 N–H and O–H groups in total. The minimum absolute atomic E-state index is 0.0178. The number of hydrogen-bond acceptors (Lipinski definition) is 3. The Morgan fingerprint density at radius 2 is 2.08 bits per heavy atom. The van der Waals surface area contributed by atoms with Gasteiger partial charge in [-0.2, -0.15) is 0 Å². The Labute approximate surface area is 151 Å². The van der Waals surface area contributed by atoms with Crippen LogP contribution in [0.25, 0.3) is 0 Å². The molecular formula is C18H22ClFN2O3. The standard InChI is InChI=1S/C18H22ClFN2O3/c1-18(2,3)25-17(24)22-13-7-11(13)8-14(22)16(23)21-9-10-5-4-6-12(19)15(10)20/h4-6,11,13-14H,7-9H2,1-3H3,(H,21,23)/t11-,13?,14+/m1/s1. The molecular weight excluding hydrogens is 347 g/mol. The van der Waals surface area contributed by atoms with Gasteiger partial charge in [0.1, 0.15) is 17.5 Å². The van der Waals surface area contributed by atoms with Crippen LogP contribution in [0, 0.1) is 11.7 Å². The highest BCUT2D eigenvalue weighted by Gasteiger charge is 2.57. The van der Waals surface area contributed by atoms with Gasteiger partial charge in [-0.15, -0.1) is 0 Å². The Morgan fingerprint density at radius 1 is 1.36 bits per heavy atom. The summed E-state index contributed by atoms with van der Waals surface area (Å²) in [6.07, 6.45) is 1.06. The van der Waals surface area contributed by atoms with Crippen LogP contribution in [0.3, 0.4) is 0 Å². The molecule has 1 unspecified atom stereocenters. The molecule has 3 rings (SSSR count). The van der Waals surface area contributed by atoms with Crippen molar-refractivity contribution in [2.45, 2.75) is 57.8 Å². The molecule has 2 fully saturated rings. The van der Waals surface area contributed by atoms with Crippen LogP contribution in [0.1, 0.15) is 39.2 Å². The number of fused-ring (bicyclic) bond motifs is 1. The number of nitrogens with one attached hydrogen (secondary N) is 1. The van der Waals surface area contributed by atoms with E-state index in [0.717, 1.165) is 6.42 Å². The van der Waals surface area contributed by atoms with Gasteiger partial charge in [0.2, 0.25) is 5.91 Å². The lowest BCUT2D eigenvalue weighted by molar-refractivity contribution is -0.126. The first-order valence-corrected chi connectivity index (χ1v) is 8.77. The summed E-state index contributed by atoms with van der Waals surface area (Å²) in [7, 11) is 0. The Bertz CT molecular complexity index is 704. The molecule has 1 heterocycles. The van der Waals surface area contributed by atoms with Crippen molar-refractivity contribution in [2.24, 2.45) is 5.92 Å². The van der Waals surface area contributed by atoms with Crippen molar-refractivity contribution in [3.63, 3.8) is 0 Å². The number of amides is 2. The van der Waals surface area contributed by atoms with Crippen molar-refractivity contribution < 1.29 is 18.7 Å². The third kappa shape index (κ3) is 3.89. The Kier molecular flexibility index (Phi) is 4.66. The van der Waals surface area contributed by atoms with E-state index in [-0.39, 0.29) is 23.5 Å². The number of likely N-dealkylation sites (tertiary alicyclic amines) is 1. The van der Waals surface area contributed by atoms with E-state index in [9.17, 15) is 14.0 Å². The van der Waals surface area contributed by atoms with Crippen LogP contribution in [-0.2, 0) is 16.1 Å². The molecule has 1 aliphatic heterocycles. The number of ether oxygens (including phenoxy) is 1. The molecule has 136 valence electrons. The Hall–Kier alpha value is -1.82. The number of hydrogen-bond donors (Lipinski definition) is 1. The highest BCUT2D eigenvalue weighted by molar-refractivity contribution is 6.30. The molecule has 1 aromatic rings.